The minimum Gasteiger partial charge on any atom is -0.493 e. The highest BCUT2D eigenvalue weighted by Crippen LogP contribution is 2.40. The Morgan fingerprint density at radius 2 is 1.82 bits per heavy atom. The molecular weight excluding hydrogens is 436 g/mol. The molecule has 1 fully saturated rings. The molecule has 0 unspecified atom stereocenters. The number of piperidine rings is 1. The summed E-state index contributed by atoms with van der Waals surface area (Å²) >= 11 is 0. The van der Waals surface area contributed by atoms with Crippen molar-refractivity contribution in [3.8, 4) is 17.2 Å². The lowest BCUT2D eigenvalue weighted by Gasteiger charge is -2.32. The van der Waals surface area contributed by atoms with Crippen LogP contribution in [0.25, 0.3) is 10.9 Å². The molecule has 1 N–H and O–H groups in total. The maximum Gasteiger partial charge on any atom is 0.350 e. The highest BCUT2D eigenvalue weighted by molar-refractivity contribution is 5.94. The molecule has 1 atom stereocenters. The number of hydrogen-bond acceptors (Lipinski definition) is 7. The van der Waals surface area contributed by atoms with Crippen LogP contribution < -0.4 is 30.1 Å². The molecule has 2 heterocycles. The standard InChI is InChI=1S/C25H30N4O5/c1-16-8-7-11-28(14-16)24-18-9-5-6-10-19(18)29(25(31)27-24)15-22(30)26-17-12-20(32-2)23(34-4)21(13-17)33-3/h5-6,9-10,12-13,16H,7-8,11,14-15H2,1-4H3,(H,26,30)/t16-/m0/s1. The van der Waals surface area contributed by atoms with Crippen LogP contribution in [-0.4, -0.2) is 49.9 Å². The number of benzene rings is 2. The van der Waals surface area contributed by atoms with E-state index in [2.05, 4.69) is 22.1 Å². The van der Waals surface area contributed by atoms with Crippen molar-refractivity contribution in [3.63, 3.8) is 0 Å². The minimum atomic E-state index is -0.452. The van der Waals surface area contributed by atoms with Crippen LogP contribution in [0.15, 0.2) is 41.2 Å². The number of nitrogens with one attached hydrogen (secondary N) is 1. The molecule has 3 aromatic rings. The van der Waals surface area contributed by atoms with Crippen molar-refractivity contribution in [2.45, 2.75) is 26.3 Å². The van der Waals surface area contributed by atoms with Gasteiger partial charge >= 0.3 is 5.69 Å². The van der Waals surface area contributed by atoms with Gasteiger partial charge in [-0.3, -0.25) is 9.36 Å². The van der Waals surface area contributed by atoms with Gasteiger partial charge in [0.1, 0.15) is 12.4 Å². The van der Waals surface area contributed by atoms with Crippen LogP contribution >= 0.6 is 0 Å². The third kappa shape index (κ3) is 4.64. The molecule has 0 saturated carbocycles. The van der Waals surface area contributed by atoms with E-state index in [0.29, 0.717) is 40.2 Å². The molecule has 180 valence electrons. The molecule has 4 rings (SSSR count). The summed E-state index contributed by atoms with van der Waals surface area (Å²) in [5.41, 5.74) is 0.687. The van der Waals surface area contributed by atoms with Crippen molar-refractivity contribution in [1.82, 2.24) is 9.55 Å². The number of para-hydroxylation sites is 1. The van der Waals surface area contributed by atoms with Gasteiger partial charge in [0.15, 0.2) is 11.5 Å². The minimum absolute atomic E-state index is 0.181. The summed E-state index contributed by atoms with van der Waals surface area (Å²) < 4.78 is 17.4. The number of hydrogen-bond donors (Lipinski definition) is 1. The van der Waals surface area contributed by atoms with E-state index in [1.165, 1.54) is 32.3 Å². The predicted molar refractivity (Wildman–Crippen MR) is 131 cm³/mol. The zero-order chi connectivity index (χ0) is 24.2. The summed E-state index contributed by atoms with van der Waals surface area (Å²) in [4.78, 5) is 32.6. The Kier molecular flexibility index (Phi) is 6.90. The van der Waals surface area contributed by atoms with Crippen LogP contribution in [0.3, 0.4) is 0 Å². The van der Waals surface area contributed by atoms with E-state index in [-0.39, 0.29) is 12.5 Å². The molecule has 1 aliphatic rings. The Morgan fingerprint density at radius 3 is 2.47 bits per heavy atom. The number of methoxy groups -OCH3 is 3. The fourth-order valence-corrected chi connectivity index (χ4v) is 4.49. The monoisotopic (exact) mass is 466 g/mol. The van der Waals surface area contributed by atoms with Crippen molar-refractivity contribution >= 4 is 28.3 Å². The molecule has 0 aliphatic carbocycles. The summed E-state index contributed by atoms with van der Waals surface area (Å²) in [5.74, 6) is 2.12. The molecule has 1 aromatic heterocycles. The first-order chi connectivity index (χ1) is 16.4. The van der Waals surface area contributed by atoms with Crippen molar-refractivity contribution in [2.24, 2.45) is 5.92 Å². The van der Waals surface area contributed by atoms with Gasteiger partial charge in [0.2, 0.25) is 11.7 Å². The highest BCUT2D eigenvalue weighted by Gasteiger charge is 2.22. The van der Waals surface area contributed by atoms with Gasteiger partial charge in [-0.15, -0.1) is 0 Å². The topological polar surface area (TPSA) is 94.9 Å². The number of nitrogens with zero attached hydrogens (tertiary/aromatic N) is 3. The summed E-state index contributed by atoms with van der Waals surface area (Å²) in [6, 6.07) is 10.9. The second-order valence-electron chi connectivity index (χ2n) is 8.48. The Labute approximate surface area is 198 Å². The van der Waals surface area contributed by atoms with Crippen LogP contribution in [0.5, 0.6) is 17.2 Å². The van der Waals surface area contributed by atoms with Gasteiger partial charge in [-0.25, -0.2) is 4.79 Å². The lowest BCUT2D eigenvalue weighted by molar-refractivity contribution is -0.116. The second kappa shape index (κ2) is 10.0. The molecule has 1 aliphatic heterocycles. The number of carbonyl (C=O) groups is 1. The SMILES string of the molecule is COc1cc(NC(=O)Cn2c(=O)nc(N3CCC[C@H](C)C3)c3ccccc32)cc(OC)c1OC. The molecular formula is C25H30N4O5. The molecule has 2 aromatic carbocycles. The molecule has 34 heavy (non-hydrogen) atoms. The number of aromatic nitrogens is 2. The van der Waals surface area contributed by atoms with E-state index in [1.54, 1.807) is 12.1 Å². The van der Waals surface area contributed by atoms with E-state index in [4.69, 9.17) is 14.2 Å². The number of fused-ring (bicyclic) bond motifs is 1. The summed E-state index contributed by atoms with van der Waals surface area (Å²) in [7, 11) is 4.52. The fourth-order valence-electron chi connectivity index (χ4n) is 4.49. The smallest absolute Gasteiger partial charge is 0.350 e. The van der Waals surface area contributed by atoms with Crippen LogP contribution in [0.1, 0.15) is 19.8 Å². The number of carbonyl (C=O) groups excluding carboxylic acids is 1. The lowest BCUT2D eigenvalue weighted by Crippen LogP contribution is -2.38. The number of anilines is 2. The predicted octanol–water partition coefficient (Wildman–Crippen LogP) is 3.30. The molecule has 0 spiro atoms. The van der Waals surface area contributed by atoms with E-state index >= 15 is 0 Å². The van der Waals surface area contributed by atoms with Gasteiger partial charge in [-0.05, 0) is 30.9 Å². The number of ether oxygens (including phenoxy) is 3. The maximum atomic E-state index is 13.0. The normalized spacial score (nSPS) is 15.8. The van der Waals surface area contributed by atoms with Crippen molar-refractivity contribution < 1.29 is 19.0 Å². The fraction of sp³-hybridized carbons (Fsp3) is 0.400. The summed E-state index contributed by atoms with van der Waals surface area (Å²) in [5, 5.41) is 3.67. The maximum absolute atomic E-state index is 13.0. The largest absolute Gasteiger partial charge is 0.493 e. The van der Waals surface area contributed by atoms with Crippen LogP contribution in [0.2, 0.25) is 0 Å². The van der Waals surface area contributed by atoms with Crippen LogP contribution in [0, 0.1) is 5.92 Å². The highest BCUT2D eigenvalue weighted by atomic mass is 16.5. The van der Waals surface area contributed by atoms with E-state index in [0.717, 1.165) is 24.9 Å². The van der Waals surface area contributed by atoms with Gasteiger partial charge in [-0.1, -0.05) is 19.1 Å². The van der Waals surface area contributed by atoms with E-state index in [9.17, 15) is 9.59 Å². The van der Waals surface area contributed by atoms with E-state index < -0.39 is 5.69 Å². The van der Waals surface area contributed by atoms with E-state index in [1.807, 2.05) is 24.3 Å². The zero-order valence-corrected chi connectivity index (χ0v) is 20.0. The molecule has 9 nitrogen and oxygen atoms in total. The summed E-state index contributed by atoms with van der Waals surface area (Å²) in [6.45, 7) is 3.76. The van der Waals surface area contributed by atoms with Gasteiger partial charge in [0.25, 0.3) is 0 Å². The first-order valence-corrected chi connectivity index (χ1v) is 11.3. The van der Waals surface area contributed by atoms with Crippen molar-refractivity contribution in [2.75, 3.05) is 44.6 Å². The Hall–Kier alpha value is -3.75. The first-order valence-electron chi connectivity index (χ1n) is 11.3. The van der Waals surface area contributed by atoms with Gasteiger partial charge in [-0.2, -0.15) is 4.98 Å². The Bertz CT molecular complexity index is 1230. The van der Waals surface area contributed by atoms with Crippen molar-refractivity contribution in [3.05, 3.63) is 46.9 Å². The molecule has 9 heteroatoms. The molecule has 0 bridgehead atoms. The average molecular weight is 467 g/mol. The average Bonchev–Trinajstić information content (AvgIpc) is 2.84. The van der Waals surface area contributed by atoms with Crippen LogP contribution in [0.4, 0.5) is 11.5 Å². The lowest BCUT2D eigenvalue weighted by atomic mass is 10.00. The number of amides is 1. The third-order valence-electron chi connectivity index (χ3n) is 6.07. The first kappa shape index (κ1) is 23.4. The van der Waals surface area contributed by atoms with Gasteiger partial charge in [0.05, 0.1) is 26.8 Å². The third-order valence-corrected chi connectivity index (χ3v) is 6.07. The quantitative estimate of drug-likeness (QED) is 0.571. The van der Waals surface area contributed by atoms with Crippen LogP contribution in [-0.2, 0) is 11.3 Å². The Morgan fingerprint density at radius 1 is 1.12 bits per heavy atom. The molecule has 0 radical (unpaired) electrons. The van der Waals surface area contributed by atoms with Gasteiger partial charge in [0, 0.05) is 36.3 Å². The second-order valence-corrected chi connectivity index (χ2v) is 8.48. The van der Waals surface area contributed by atoms with Crippen molar-refractivity contribution in [1.29, 1.82) is 0 Å². The zero-order valence-electron chi connectivity index (χ0n) is 20.0. The summed E-state index contributed by atoms with van der Waals surface area (Å²) in [6.07, 6.45) is 2.24. The molecule has 1 saturated heterocycles. The van der Waals surface area contributed by atoms with Gasteiger partial charge < -0.3 is 24.4 Å². The Balaban J connectivity index is 1.64. The molecule has 1 amide bonds. The number of rotatable bonds is 7.